The van der Waals surface area contributed by atoms with Crippen molar-refractivity contribution in [3.8, 4) is 0 Å². The van der Waals surface area contributed by atoms with E-state index < -0.39 is 34.5 Å². The van der Waals surface area contributed by atoms with E-state index in [4.69, 9.17) is 10.2 Å². The maximum atomic E-state index is 13.6. The van der Waals surface area contributed by atoms with Crippen molar-refractivity contribution in [2.45, 2.75) is 0 Å². The lowest BCUT2D eigenvalue weighted by Gasteiger charge is -2.06. The molecule has 0 aliphatic rings. The van der Waals surface area contributed by atoms with Gasteiger partial charge in [-0.1, -0.05) is 0 Å². The van der Waals surface area contributed by atoms with E-state index in [1.165, 1.54) is 0 Å². The van der Waals surface area contributed by atoms with E-state index in [1.54, 1.807) is 22.6 Å². The van der Waals surface area contributed by atoms with E-state index in [-0.39, 0.29) is 16.7 Å². The highest BCUT2D eigenvalue weighted by Gasteiger charge is 2.24. The number of nitrogens with one attached hydrogen (secondary N) is 1. The van der Waals surface area contributed by atoms with Gasteiger partial charge in [-0.2, -0.15) is 0 Å². The molecule has 0 atom stereocenters. The largest absolute Gasteiger partial charge is 0.477 e. The number of hydrogen-bond acceptors (Lipinski definition) is 4. The van der Waals surface area contributed by atoms with Gasteiger partial charge in [0, 0.05) is 16.3 Å². The van der Waals surface area contributed by atoms with E-state index >= 15 is 0 Å². The number of ketones is 1. The standard InChI is InChI=1S/C12H10F2INO4/c13-9-4-6(15)3-7(10(9)14)11(18)8(12(19)20)5-16-1-2-17/h3-5,16-17H,1-2H2,(H,19,20)/b8-5+. The molecule has 0 saturated carbocycles. The first-order chi connectivity index (χ1) is 9.38. The van der Waals surface area contributed by atoms with Gasteiger partial charge >= 0.3 is 5.97 Å². The Morgan fingerprint density at radius 2 is 2.00 bits per heavy atom. The monoisotopic (exact) mass is 397 g/mol. The van der Waals surface area contributed by atoms with Crippen LogP contribution in [0.1, 0.15) is 10.4 Å². The summed E-state index contributed by atoms with van der Waals surface area (Å²) in [5.74, 6) is -5.37. The number of carbonyl (C=O) groups excluding carboxylic acids is 1. The summed E-state index contributed by atoms with van der Waals surface area (Å²) in [4.78, 5) is 22.9. The summed E-state index contributed by atoms with van der Waals surface area (Å²) < 4.78 is 27.1. The third-order valence-electron chi connectivity index (χ3n) is 2.22. The molecule has 0 bridgehead atoms. The molecule has 3 N–H and O–H groups in total. The quantitative estimate of drug-likeness (QED) is 0.128. The Morgan fingerprint density at radius 3 is 2.55 bits per heavy atom. The number of carboxylic acid groups (broad SMARTS) is 1. The summed E-state index contributed by atoms with van der Waals surface area (Å²) >= 11 is 1.68. The maximum Gasteiger partial charge on any atom is 0.341 e. The van der Waals surface area contributed by atoms with E-state index in [9.17, 15) is 18.4 Å². The molecular weight excluding hydrogens is 387 g/mol. The summed E-state index contributed by atoms with van der Waals surface area (Å²) in [5, 5.41) is 19.9. The Hall–Kier alpha value is -1.55. The predicted molar refractivity (Wildman–Crippen MR) is 74.2 cm³/mol. The van der Waals surface area contributed by atoms with Crippen molar-refractivity contribution in [3.05, 3.63) is 44.7 Å². The number of benzene rings is 1. The minimum Gasteiger partial charge on any atom is -0.477 e. The molecule has 0 radical (unpaired) electrons. The Bertz CT molecular complexity index is 575. The number of aliphatic hydroxyl groups excluding tert-OH is 1. The third-order valence-corrected chi connectivity index (χ3v) is 2.84. The summed E-state index contributed by atoms with van der Waals surface area (Å²) in [6, 6.07) is 1.95. The first kappa shape index (κ1) is 16.5. The second kappa shape index (κ2) is 7.29. The van der Waals surface area contributed by atoms with Crippen LogP contribution in [0.3, 0.4) is 0 Å². The van der Waals surface area contributed by atoms with Crippen LogP contribution in [0.15, 0.2) is 23.9 Å². The molecule has 8 heteroatoms. The zero-order valence-electron chi connectivity index (χ0n) is 9.99. The number of aliphatic carboxylic acids is 1. The molecule has 0 heterocycles. The first-order valence-corrected chi connectivity index (χ1v) is 6.43. The lowest BCUT2D eigenvalue weighted by molar-refractivity contribution is -0.132. The predicted octanol–water partition coefficient (Wildman–Crippen LogP) is 1.30. The number of carboxylic acids is 1. The van der Waals surface area contributed by atoms with Gasteiger partial charge in [0.05, 0.1) is 12.2 Å². The average molecular weight is 397 g/mol. The van der Waals surface area contributed by atoms with Crippen LogP contribution < -0.4 is 5.32 Å². The van der Waals surface area contributed by atoms with E-state index in [0.717, 1.165) is 18.3 Å². The number of aliphatic hydroxyl groups is 1. The molecule has 5 nitrogen and oxygen atoms in total. The van der Waals surface area contributed by atoms with Crippen molar-refractivity contribution in [1.82, 2.24) is 5.32 Å². The summed E-state index contributed by atoms with van der Waals surface area (Å²) in [7, 11) is 0. The second-order valence-electron chi connectivity index (χ2n) is 3.62. The molecule has 1 aromatic rings. The molecule has 0 aromatic heterocycles. The van der Waals surface area contributed by atoms with Gasteiger partial charge in [-0.25, -0.2) is 13.6 Å². The van der Waals surface area contributed by atoms with Crippen LogP contribution >= 0.6 is 22.6 Å². The highest BCUT2D eigenvalue weighted by Crippen LogP contribution is 2.19. The molecule has 0 amide bonds. The molecular formula is C12H10F2INO4. The number of hydrogen-bond donors (Lipinski definition) is 3. The second-order valence-corrected chi connectivity index (χ2v) is 4.86. The van der Waals surface area contributed by atoms with Gasteiger partial charge < -0.3 is 15.5 Å². The van der Waals surface area contributed by atoms with Crippen molar-refractivity contribution in [3.63, 3.8) is 0 Å². The van der Waals surface area contributed by atoms with Crippen molar-refractivity contribution < 1.29 is 28.6 Å². The highest BCUT2D eigenvalue weighted by molar-refractivity contribution is 14.1. The Kier molecular flexibility index (Phi) is 6.02. The van der Waals surface area contributed by atoms with Crippen molar-refractivity contribution in [2.24, 2.45) is 0 Å². The van der Waals surface area contributed by atoms with Crippen LogP contribution in [0.25, 0.3) is 0 Å². The van der Waals surface area contributed by atoms with Gasteiger partial charge in [0.15, 0.2) is 11.6 Å². The lowest BCUT2D eigenvalue weighted by atomic mass is 10.0. The molecule has 0 aliphatic heterocycles. The van der Waals surface area contributed by atoms with Gasteiger partial charge in [-0.3, -0.25) is 4.79 Å². The Morgan fingerprint density at radius 1 is 1.35 bits per heavy atom. The highest BCUT2D eigenvalue weighted by atomic mass is 127. The van der Waals surface area contributed by atoms with Crippen LogP contribution in [-0.4, -0.2) is 35.1 Å². The minimum atomic E-state index is -1.58. The van der Waals surface area contributed by atoms with Gasteiger partial charge in [0.2, 0.25) is 5.78 Å². The zero-order valence-corrected chi connectivity index (χ0v) is 12.1. The Balaban J connectivity index is 3.20. The first-order valence-electron chi connectivity index (χ1n) is 5.35. The molecule has 0 unspecified atom stereocenters. The van der Waals surface area contributed by atoms with E-state index in [0.29, 0.717) is 0 Å². The van der Waals surface area contributed by atoms with E-state index in [1.807, 2.05) is 0 Å². The fourth-order valence-electron chi connectivity index (χ4n) is 1.33. The fraction of sp³-hybridized carbons (Fsp3) is 0.167. The van der Waals surface area contributed by atoms with Crippen LogP contribution in [-0.2, 0) is 4.79 Å². The normalized spacial score (nSPS) is 11.3. The zero-order chi connectivity index (χ0) is 15.3. The van der Waals surface area contributed by atoms with Gasteiger partial charge in [0.25, 0.3) is 0 Å². The van der Waals surface area contributed by atoms with Crippen LogP contribution in [0.2, 0.25) is 0 Å². The fourth-order valence-corrected chi connectivity index (χ4v) is 1.91. The molecule has 0 fully saturated rings. The van der Waals surface area contributed by atoms with Crippen molar-refractivity contribution in [2.75, 3.05) is 13.2 Å². The Labute approximate surface area is 126 Å². The minimum absolute atomic E-state index is 0.0211. The van der Waals surface area contributed by atoms with Crippen LogP contribution in [0, 0.1) is 15.2 Å². The molecule has 1 aromatic carbocycles. The smallest absolute Gasteiger partial charge is 0.341 e. The topological polar surface area (TPSA) is 86.6 Å². The number of carbonyl (C=O) groups is 2. The average Bonchev–Trinajstić information content (AvgIpc) is 2.37. The molecule has 20 heavy (non-hydrogen) atoms. The van der Waals surface area contributed by atoms with Gasteiger partial charge in [-0.05, 0) is 34.7 Å². The third kappa shape index (κ3) is 3.97. The number of halogens is 3. The number of rotatable bonds is 6. The maximum absolute atomic E-state index is 13.6. The van der Waals surface area contributed by atoms with Gasteiger partial charge in [-0.15, -0.1) is 0 Å². The molecule has 0 aliphatic carbocycles. The SMILES string of the molecule is O=C(O)/C(=C/NCCO)C(=O)c1cc(I)cc(F)c1F. The van der Waals surface area contributed by atoms with E-state index in [2.05, 4.69) is 5.32 Å². The van der Waals surface area contributed by atoms with Crippen LogP contribution in [0.5, 0.6) is 0 Å². The summed E-state index contributed by atoms with van der Waals surface area (Å²) in [5.41, 5.74) is -1.41. The van der Waals surface area contributed by atoms with Crippen LogP contribution in [0.4, 0.5) is 8.78 Å². The summed E-state index contributed by atoms with van der Waals surface area (Å²) in [6.45, 7) is -0.253. The molecule has 1 rings (SSSR count). The van der Waals surface area contributed by atoms with Crippen molar-refractivity contribution in [1.29, 1.82) is 0 Å². The van der Waals surface area contributed by atoms with Gasteiger partial charge in [0.1, 0.15) is 5.57 Å². The lowest BCUT2D eigenvalue weighted by Crippen LogP contribution is -2.20. The summed E-state index contributed by atoms with van der Waals surface area (Å²) in [6.07, 6.45) is 0.845. The van der Waals surface area contributed by atoms with Crippen molar-refractivity contribution >= 4 is 34.3 Å². The molecule has 108 valence electrons. The molecule has 0 spiro atoms. The molecule has 0 saturated heterocycles. The number of Topliss-reactive ketones (excluding diaryl/α,β-unsaturated/α-hetero) is 1.